The minimum absolute atomic E-state index is 0.0828. The van der Waals surface area contributed by atoms with Gasteiger partial charge in [-0.2, -0.15) is 0 Å². The van der Waals surface area contributed by atoms with E-state index in [1.165, 1.54) is 12.1 Å². The molecular formula is C13H16N2O4. The van der Waals surface area contributed by atoms with Crippen LogP contribution >= 0.6 is 0 Å². The zero-order chi connectivity index (χ0) is 13.7. The van der Waals surface area contributed by atoms with Gasteiger partial charge in [0, 0.05) is 12.1 Å². The summed E-state index contributed by atoms with van der Waals surface area (Å²) < 4.78 is 5.74. The van der Waals surface area contributed by atoms with Crippen LogP contribution < -0.4 is 0 Å². The largest absolute Gasteiger partial charge is 0.411 e. The summed E-state index contributed by atoms with van der Waals surface area (Å²) in [5.41, 5.74) is 1.70. The van der Waals surface area contributed by atoms with E-state index >= 15 is 0 Å². The molecule has 1 aliphatic rings. The predicted molar refractivity (Wildman–Crippen MR) is 69.4 cm³/mol. The second-order valence-electron chi connectivity index (χ2n) is 4.60. The maximum absolute atomic E-state index is 10.7. The van der Waals surface area contributed by atoms with Gasteiger partial charge in [-0.3, -0.25) is 10.1 Å². The SMILES string of the molecule is O=[N+]([O-])c1cccc(COC2CCC(=NO)CC2)c1. The molecule has 0 aromatic heterocycles. The summed E-state index contributed by atoms with van der Waals surface area (Å²) in [6.07, 6.45) is 3.28. The van der Waals surface area contributed by atoms with E-state index in [2.05, 4.69) is 5.16 Å². The van der Waals surface area contributed by atoms with Gasteiger partial charge in [-0.15, -0.1) is 0 Å². The lowest BCUT2D eigenvalue weighted by molar-refractivity contribution is -0.385. The number of rotatable bonds is 4. The quantitative estimate of drug-likeness (QED) is 0.514. The minimum Gasteiger partial charge on any atom is -0.411 e. The molecule has 0 radical (unpaired) electrons. The van der Waals surface area contributed by atoms with E-state index in [4.69, 9.17) is 9.94 Å². The maximum atomic E-state index is 10.7. The zero-order valence-corrected chi connectivity index (χ0v) is 10.5. The second kappa shape index (κ2) is 6.29. The van der Waals surface area contributed by atoms with E-state index in [0.717, 1.165) is 37.0 Å². The third-order valence-corrected chi connectivity index (χ3v) is 3.26. The van der Waals surface area contributed by atoms with Crippen LogP contribution in [0, 0.1) is 10.1 Å². The van der Waals surface area contributed by atoms with E-state index in [1.807, 2.05) is 6.07 Å². The highest BCUT2D eigenvalue weighted by atomic mass is 16.6. The Morgan fingerprint density at radius 2 is 2.16 bits per heavy atom. The van der Waals surface area contributed by atoms with Gasteiger partial charge in [0.1, 0.15) is 0 Å². The first-order valence-corrected chi connectivity index (χ1v) is 6.24. The number of benzene rings is 1. The van der Waals surface area contributed by atoms with Crippen molar-refractivity contribution < 1.29 is 14.9 Å². The number of nitro groups is 1. The lowest BCUT2D eigenvalue weighted by Crippen LogP contribution is -2.21. The van der Waals surface area contributed by atoms with Gasteiger partial charge in [-0.05, 0) is 31.2 Å². The molecule has 1 aromatic rings. The highest BCUT2D eigenvalue weighted by Gasteiger charge is 2.18. The number of non-ortho nitro benzene ring substituents is 1. The average molecular weight is 264 g/mol. The Bertz CT molecular complexity index is 477. The van der Waals surface area contributed by atoms with Gasteiger partial charge in [0.15, 0.2) is 0 Å². The van der Waals surface area contributed by atoms with Crippen molar-refractivity contribution in [3.63, 3.8) is 0 Å². The van der Waals surface area contributed by atoms with Crippen molar-refractivity contribution in [2.45, 2.75) is 38.4 Å². The van der Waals surface area contributed by atoms with Gasteiger partial charge in [0.2, 0.25) is 0 Å². The molecule has 0 unspecified atom stereocenters. The highest BCUT2D eigenvalue weighted by molar-refractivity contribution is 5.84. The lowest BCUT2D eigenvalue weighted by Gasteiger charge is -2.22. The van der Waals surface area contributed by atoms with Crippen LogP contribution in [-0.2, 0) is 11.3 Å². The van der Waals surface area contributed by atoms with Crippen molar-refractivity contribution in [1.29, 1.82) is 0 Å². The fourth-order valence-electron chi connectivity index (χ4n) is 2.17. The molecule has 0 amide bonds. The van der Waals surface area contributed by atoms with E-state index in [-0.39, 0.29) is 11.8 Å². The van der Waals surface area contributed by atoms with E-state index in [9.17, 15) is 10.1 Å². The Labute approximate surface area is 110 Å². The smallest absolute Gasteiger partial charge is 0.269 e. The first kappa shape index (κ1) is 13.5. The van der Waals surface area contributed by atoms with Crippen LogP contribution in [0.5, 0.6) is 0 Å². The molecule has 1 aromatic carbocycles. The molecule has 0 bridgehead atoms. The first-order valence-electron chi connectivity index (χ1n) is 6.24. The normalized spacial score (nSPS) is 19.2. The lowest BCUT2D eigenvalue weighted by atomic mass is 9.96. The van der Waals surface area contributed by atoms with E-state index in [1.54, 1.807) is 6.07 Å². The third kappa shape index (κ3) is 3.75. The van der Waals surface area contributed by atoms with Crippen LogP contribution in [0.2, 0.25) is 0 Å². The topological polar surface area (TPSA) is 85.0 Å². The number of ether oxygens (including phenoxy) is 1. The Balaban J connectivity index is 1.86. The van der Waals surface area contributed by atoms with Crippen molar-refractivity contribution in [2.75, 3.05) is 0 Å². The summed E-state index contributed by atoms with van der Waals surface area (Å²) in [5.74, 6) is 0. The summed E-state index contributed by atoms with van der Waals surface area (Å²) in [4.78, 5) is 10.2. The number of hydrogen-bond donors (Lipinski definition) is 1. The molecule has 1 fully saturated rings. The monoisotopic (exact) mass is 264 g/mol. The molecule has 6 heteroatoms. The number of nitrogens with zero attached hydrogens (tertiary/aromatic N) is 2. The van der Waals surface area contributed by atoms with Crippen LogP contribution in [0.3, 0.4) is 0 Å². The molecule has 1 aliphatic carbocycles. The molecule has 19 heavy (non-hydrogen) atoms. The van der Waals surface area contributed by atoms with Gasteiger partial charge in [-0.1, -0.05) is 17.3 Å². The maximum Gasteiger partial charge on any atom is 0.269 e. The molecule has 6 nitrogen and oxygen atoms in total. The molecule has 2 rings (SSSR count). The Hall–Kier alpha value is -1.95. The summed E-state index contributed by atoms with van der Waals surface area (Å²) in [6.45, 7) is 0.373. The van der Waals surface area contributed by atoms with Crippen LogP contribution in [0.1, 0.15) is 31.2 Å². The van der Waals surface area contributed by atoms with Crippen molar-refractivity contribution in [3.8, 4) is 0 Å². The summed E-state index contributed by atoms with van der Waals surface area (Å²) in [5, 5.41) is 22.5. The predicted octanol–water partition coefficient (Wildman–Crippen LogP) is 2.88. The van der Waals surface area contributed by atoms with Crippen LogP contribution in [0.15, 0.2) is 29.4 Å². The summed E-state index contributed by atoms with van der Waals surface area (Å²) in [6, 6.07) is 6.47. The first-order chi connectivity index (χ1) is 9.19. The average Bonchev–Trinajstić information content (AvgIpc) is 2.46. The fraction of sp³-hybridized carbons (Fsp3) is 0.462. The van der Waals surface area contributed by atoms with Crippen molar-refractivity contribution in [2.24, 2.45) is 5.16 Å². The standard InChI is InChI=1S/C13H16N2O4/c16-14-11-4-6-13(7-5-11)19-9-10-2-1-3-12(8-10)15(17)18/h1-3,8,13,16H,4-7,9H2. The molecule has 0 aliphatic heterocycles. The summed E-state index contributed by atoms with van der Waals surface area (Å²) >= 11 is 0. The molecule has 102 valence electrons. The number of oxime groups is 1. The molecule has 1 N–H and O–H groups in total. The van der Waals surface area contributed by atoms with Crippen LogP contribution in [0.25, 0.3) is 0 Å². The second-order valence-corrected chi connectivity index (χ2v) is 4.60. The summed E-state index contributed by atoms with van der Waals surface area (Å²) in [7, 11) is 0. The Morgan fingerprint density at radius 3 is 2.79 bits per heavy atom. The molecule has 1 saturated carbocycles. The number of hydrogen-bond acceptors (Lipinski definition) is 5. The van der Waals surface area contributed by atoms with Crippen molar-refractivity contribution in [3.05, 3.63) is 39.9 Å². The molecule has 0 saturated heterocycles. The van der Waals surface area contributed by atoms with Crippen LogP contribution in [0.4, 0.5) is 5.69 Å². The van der Waals surface area contributed by atoms with Crippen molar-refractivity contribution in [1.82, 2.24) is 0 Å². The number of nitro benzene ring substituents is 1. The van der Waals surface area contributed by atoms with Gasteiger partial charge < -0.3 is 9.94 Å². The molecule has 0 heterocycles. The fourth-order valence-corrected chi connectivity index (χ4v) is 2.17. The third-order valence-electron chi connectivity index (χ3n) is 3.26. The Morgan fingerprint density at radius 1 is 1.42 bits per heavy atom. The van der Waals surface area contributed by atoms with Crippen LogP contribution in [-0.4, -0.2) is 21.9 Å². The van der Waals surface area contributed by atoms with Gasteiger partial charge in [0.25, 0.3) is 5.69 Å². The zero-order valence-electron chi connectivity index (χ0n) is 10.5. The van der Waals surface area contributed by atoms with Gasteiger partial charge in [-0.25, -0.2) is 0 Å². The van der Waals surface area contributed by atoms with Crippen molar-refractivity contribution >= 4 is 11.4 Å². The molecule has 0 spiro atoms. The Kier molecular flexibility index (Phi) is 4.46. The van der Waals surface area contributed by atoms with Gasteiger partial charge >= 0.3 is 0 Å². The molecule has 0 atom stereocenters. The van der Waals surface area contributed by atoms with Gasteiger partial charge in [0.05, 0.1) is 23.3 Å². The minimum atomic E-state index is -0.409. The highest BCUT2D eigenvalue weighted by Crippen LogP contribution is 2.21. The van der Waals surface area contributed by atoms with E-state index in [0.29, 0.717) is 6.61 Å². The van der Waals surface area contributed by atoms with E-state index < -0.39 is 4.92 Å². The molecular weight excluding hydrogens is 248 g/mol.